The summed E-state index contributed by atoms with van der Waals surface area (Å²) >= 11 is 1.11. The molecule has 2 aromatic heterocycles. The van der Waals surface area contributed by atoms with E-state index < -0.39 is 0 Å². The molecule has 2 heterocycles. The average molecular weight is 399 g/mol. The predicted octanol–water partition coefficient (Wildman–Crippen LogP) is 2.86. The summed E-state index contributed by atoms with van der Waals surface area (Å²) < 4.78 is 11.8. The van der Waals surface area contributed by atoms with E-state index in [0.717, 1.165) is 17.9 Å². The minimum absolute atomic E-state index is 0.103. The van der Waals surface area contributed by atoms with Crippen LogP contribution in [-0.2, 0) is 16.5 Å². The number of hydrogen-bond acceptors (Lipinski definition) is 6. The quantitative estimate of drug-likeness (QED) is 0.572. The number of fused-ring (bicyclic) bond motifs is 1. The second-order valence-corrected chi connectivity index (χ2v) is 6.10. The summed E-state index contributed by atoms with van der Waals surface area (Å²) in [5.41, 5.74) is 0.443. The van der Waals surface area contributed by atoms with Crippen LogP contribution in [0.25, 0.3) is 10.2 Å². The summed E-state index contributed by atoms with van der Waals surface area (Å²) in [6.07, 6.45) is 2.20. The Kier molecular flexibility index (Phi) is 13.0. The van der Waals surface area contributed by atoms with Gasteiger partial charge in [-0.3, -0.25) is 14.4 Å². The number of nitrogens with zero attached hydrogens (tertiary/aromatic N) is 1. The van der Waals surface area contributed by atoms with Crippen LogP contribution < -0.4 is 10.7 Å². The fraction of sp³-hybridized carbons (Fsp3) is 0.526. The van der Waals surface area contributed by atoms with Crippen molar-refractivity contribution in [1.82, 2.24) is 9.88 Å². The van der Waals surface area contributed by atoms with Gasteiger partial charge in [-0.15, -0.1) is 11.3 Å². The van der Waals surface area contributed by atoms with Gasteiger partial charge in [0.25, 0.3) is 5.91 Å². The maximum absolute atomic E-state index is 12.1. The molecule has 7 nitrogen and oxygen atoms in total. The summed E-state index contributed by atoms with van der Waals surface area (Å²) in [5.74, 6) is -0.388. The van der Waals surface area contributed by atoms with Crippen molar-refractivity contribution in [2.75, 3.05) is 33.5 Å². The highest BCUT2D eigenvalue weighted by atomic mass is 32.1. The molecule has 1 amide bonds. The van der Waals surface area contributed by atoms with Gasteiger partial charge in [0.15, 0.2) is 6.29 Å². The van der Waals surface area contributed by atoms with E-state index in [1.807, 2.05) is 20.8 Å². The number of ether oxygens (including phenoxy) is 2. The van der Waals surface area contributed by atoms with E-state index in [4.69, 9.17) is 9.47 Å². The van der Waals surface area contributed by atoms with E-state index >= 15 is 0 Å². The first-order valence-electron chi connectivity index (χ1n) is 8.93. The third-order valence-corrected chi connectivity index (χ3v) is 4.27. The van der Waals surface area contributed by atoms with E-state index in [-0.39, 0.29) is 16.9 Å². The molecule has 0 unspecified atom stereocenters. The van der Waals surface area contributed by atoms with Gasteiger partial charge in [0.2, 0.25) is 5.43 Å². The van der Waals surface area contributed by atoms with Crippen molar-refractivity contribution in [2.45, 2.75) is 27.7 Å². The molecule has 0 aromatic carbocycles. The molecule has 0 atom stereocenters. The van der Waals surface area contributed by atoms with Gasteiger partial charge >= 0.3 is 0 Å². The molecule has 0 spiro atoms. The number of aryl methyl sites for hydroxylation is 1. The molecule has 8 heteroatoms. The Bertz CT molecular complexity index is 763. The standard InChI is InChI=1S/C12H12N2O3S.C5H12O2.C2H6/c1-3-13-12(17)8-5-14(2)9-4-7(6-15)18-11(9)10(8)16;1-3-7-5-4-6-2;1-2/h4-6H,3H2,1-2H3,(H,13,17);3-5H2,1-2H3;1-2H3. The predicted molar refractivity (Wildman–Crippen MR) is 110 cm³/mol. The zero-order valence-electron chi connectivity index (χ0n) is 17.0. The van der Waals surface area contributed by atoms with Crippen LogP contribution in [0.3, 0.4) is 0 Å². The Balaban J connectivity index is 0.000000637. The van der Waals surface area contributed by atoms with E-state index in [1.54, 1.807) is 31.7 Å². The van der Waals surface area contributed by atoms with Crippen molar-refractivity contribution in [2.24, 2.45) is 7.05 Å². The Morgan fingerprint density at radius 1 is 1.30 bits per heavy atom. The molecule has 0 saturated carbocycles. The van der Waals surface area contributed by atoms with Crippen LogP contribution in [0.1, 0.15) is 47.7 Å². The fourth-order valence-electron chi connectivity index (χ4n) is 2.03. The highest BCUT2D eigenvalue weighted by Gasteiger charge is 2.15. The lowest BCUT2D eigenvalue weighted by molar-refractivity contribution is 0.0777. The molecule has 0 aliphatic rings. The fourth-order valence-corrected chi connectivity index (χ4v) is 3.00. The molecule has 0 saturated heterocycles. The number of carbonyl (C=O) groups is 2. The first-order chi connectivity index (χ1) is 13.0. The summed E-state index contributed by atoms with van der Waals surface area (Å²) in [6.45, 7) is 10.4. The largest absolute Gasteiger partial charge is 0.382 e. The first-order valence-corrected chi connectivity index (χ1v) is 9.74. The maximum Gasteiger partial charge on any atom is 0.256 e. The molecule has 0 bridgehead atoms. The molecular weight excluding hydrogens is 368 g/mol. The van der Waals surface area contributed by atoms with Crippen molar-refractivity contribution in [1.29, 1.82) is 0 Å². The van der Waals surface area contributed by atoms with Gasteiger partial charge in [0, 0.05) is 33.5 Å². The topological polar surface area (TPSA) is 86.6 Å². The maximum atomic E-state index is 12.1. The normalized spacial score (nSPS) is 9.70. The molecule has 0 aliphatic heterocycles. The van der Waals surface area contributed by atoms with Crippen molar-refractivity contribution >= 4 is 33.7 Å². The van der Waals surface area contributed by atoms with Crippen molar-refractivity contribution in [3.05, 3.63) is 32.9 Å². The van der Waals surface area contributed by atoms with Gasteiger partial charge in [0.05, 0.1) is 28.3 Å². The molecule has 2 rings (SSSR count). The summed E-state index contributed by atoms with van der Waals surface area (Å²) in [7, 11) is 3.41. The van der Waals surface area contributed by atoms with Gasteiger partial charge in [0.1, 0.15) is 5.56 Å². The second kappa shape index (κ2) is 14.1. The number of pyridine rings is 1. The highest BCUT2D eigenvalue weighted by molar-refractivity contribution is 7.20. The lowest BCUT2D eigenvalue weighted by Gasteiger charge is -2.05. The van der Waals surface area contributed by atoms with E-state index in [0.29, 0.717) is 41.1 Å². The Morgan fingerprint density at radius 2 is 1.96 bits per heavy atom. The van der Waals surface area contributed by atoms with Crippen LogP contribution in [0.5, 0.6) is 0 Å². The van der Waals surface area contributed by atoms with E-state index in [9.17, 15) is 14.4 Å². The summed E-state index contributed by atoms with van der Waals surface area (Å²) in [5, 5.41) is 2.60. The van der Waals surface area contributed by atoms with Crippen LogP contribution in [0.15, 0.2) is 17.1 Å². The van der Waals surface area contributed by atoms with Gasteiger partial charge in [-0.25, -0.2) is 0 Å². The molecular formula is C19H30N2O5S. The Hall–Kier alpha value is -2.03. The van der Waals surface area contributed by atoms with E-state index in [1.165, 1.54) is 6.20 Å². The molecule has 2 aromatic rings. The first kappa shape index (κ1) is 25.0. The van der Waals surface area contributed by atoms with Gasteiger partial charge < -0.3 is 19.4 Å². The van der Waals surface area contributed by atoms with Gasteiger partial charge in [-0.05, 0) is 19.9 Å². The monoisotopic (exact) mass is 398 g/mol. The van der Waals surface area contributed by atoms with Crippen LogP contribution in [0.4, 0.5) is 0 Å². The lowest BCUT2D eigenvalue weighted by atomic mass is 10.2. The third kappa shape index (κ3) is 7.62. The summed E-state index contributed by atoms with van der Waals surface area (Å²) in [4.78, 5) is 35.1. The highest BCUT2D eigenvalue weighted by Crippen LogP contribution is 2.21. The second-order valence-electron chi connectivity index (χ2n) is 5.01. The molecule has 152 valence electrons. The summed E-state index contributed by atoms with van der Waals surface area (Å²) in [6, 6.07) is 1.65. The zero-order valence-corrected chi connectivity index (χ0v) is 17.8. The molecule has 27 heavy (non-hydrogen) atoms. The molecule has 0 radical (unpaired) electrons. The molecule has 0 aliphatic carbocycles. The average Bonchev–Trinajstić information content (AvgIpc) is 3.13. The molecule has 0 fully saturated rings. The third-order valence-electron chi connectivity index (χ3n) is 3.22. The van der Waals surface area contributed by atoms with Gasteiger partial charge in [-0.1, -0.05) is 13.8 Å². The SMILES string of the molecule is CC.CCNC(=O)c1cn(C)c2cc(C=O)sc2c1=O.CCOCCOC. The van der Waals surface area contributed by atoms with Crippen molar-refractivity contribution in [3.8, 4) is 0 Å². The van der Waals surface area contributed by atoms with Crippen molar-refractivity contribution in [3.63, 3.8) is 0 Å². The van der Waals surface area contributed by atoms with Gasteiger partial charge in [-0.2, -0.15) is 0 Å². The van der Waals surface area contributed by atoms with Crippen LogP contribution >= 0.6 is 11.3 Å². The van der Waals surface area contributed by atoms with Crippen molar-refractivity contribution < 1.29 is 19.1 Å². The number of nitrogens with one attached hydrogen (secondary N) is 1. The Morgan fingerprint density at radius 3 is 2.48 bits per heavy atom. The Labute approximate surface area is 164 Å². The van der Waals surface area contributed by atoms with Crippen LogP contribution in [-0.4, -0.2) is 50.2 Å². The molecule has 1 N–H and O–H groups in total. The minimum atomic E-state index is -0.388. The number of methoxy groups -OCH3 is 1. The zero-order chi connectivity index (χ0) is 20.8. The number of thiophene rings is 1. The number of hydrogen-bond donors (Lipinski definition) is 1. The number of carbonyl (C=O) groups excluding carboxylic acids is 2. The number of aldehydes is 1. The van der Waals surface area contributed by atoms with E-state index in [2.05, 4.69) is 5.32 Å². The van der Waals surface area contributed by atoms with Crippen LogP contribution in [0, 0.1) is 0 Å². The lowest BCUT2D eigenvalue weighted by Crippen LogP contribution is -2.29. The minimum Gasteiger partial charge on any atom is -0.382 e. The smallest absolute Gasteiger partial charge is 0.256 e. The number of rotatable bonds is 7. The van der Waals surface area contributed by atoms with Crippen LogP contribution in [0.2, 0.25) is 0 Å². The number of amides is 1. The number of aromatic nitrogens is 1.